The van der Waals surface area contributed by atoms with Crippen LogP contribution in [0.4, 0.5) is 5.69 Å². The van der Waals surface area contributed by atoms with Crippen molar-refractivity contribution in [2.45, 2.75) is 17.9 Å². The number of amides is 1. The van der Waals surface area contributed by atoms with E-state index < -0.39 is 16.1 Å². The summed E-state index contributed by atoms with van der Waals surface area (Å²) in [6, 6.07) is 5.73. The molecular weight excluding hydrogens is 306 g/mol. The standard InChI is InChI=1S/C13H13N5O3S/c1-8(13(19)17-9-6-14-15-7-9)16-12-10-4-2-3-5-11(10)22(20,21)18-12/h2-8H,1H3,(H,14,15)(H,16,18)(H,17,19)/t8-/m0/s1. The quantitative estimate of drug-likeness (QED) is 0.762. The van der Waals surface area contributed by atoms with Crippen molar-refractivity contribution in [1.29, 1.82) is 0 Å². The second-order valence-corrected chi connectivity index (χ2v) is 6.38. The highest BCUT2D eigenvalue weighted by Gasteiger charge is 2.31. The molecule has 0 bridgehead atoms. The SMILES string of the molecule is C[C@H](N=C1NS(=O)(=O)c2ccccc21)C(=O)Nc1cn[nH]c1. The number of H-pyrrole nitrogens is 1. The number of benzene rings is 1. The smallest absolute Gasteiger partial charge is 0.263 e. The Hall–Kier alpha value is -2.68. The van der Waals surface area contributed by atoms with Crippen molar-refractivity contribution < 1.29 is 13.2 Å². The molecule has 2 aromatic rings. The first-order valence-electron chi connectivity index (χ1n) is 6.47. The Kier molecular flexibility index (Phi) is 3.41. The fourth-order valence-corrected chi connectivity index (χ4v) is 3.29. The van der Waals surface area contributed by atoms with Gasteiger partial charge in [0.25, 0.3) is 10.0 Å². The van der Waals surface area contributed by atoms with Crippen LogP contribution < -0.4 is 10.0 Å². The molecule has 3 rings (SSSR count). The Morgan fingerprint density at radius 1 is 1.36 bits per heavy atom. The summed E-state index contributed by atoms with van der Waals surface area (Å²) in [5, 5.41) is 8.92. The molecule has 22 heavy (non-hydrogen) atoms. The molecule has 0 spiro atoms. The highest BCUT2D eigenvalue weighted by atomic mass is 32.2. The second kappa shape index (κ2) is 5.26. The maximum atomic E-state index is 12.0. The number of fused-ring (bicyclic) bond motifs is 1. The minimum absolute atomic E-state index is 0.163. The number of anilines is 1. The maximum absolute atomic E-state index is 12.0. The molecule has 0 aliphatic carbocycles. The van der Waals surface area contributed by atoms with Crippen molar-refractivity contribution in [3.05, 3.63) is 42.2 Å². The third-order valence-corrected chi connectivity index (χ3v) is 4.53. The lowest BCUT2D eigenvalue weighted by Gasteiger charge is -2.08. The largest absolute Gasteiger partial charge is 0.322 e. The molecule has 114 valence electrons. The molecule has 1 aliphatic heterocycles. The summed E-state index contributed by atoms with van der Waals surface area (Å²) in [5.41, 5.74) is 0.981. The van der Waals surface area contributed by atoms with Crippen molar-refractivity contribution >= 4 is 27.5 Å². The first kappa shape index (κ1) is 14.3. The van der Waals surface area contributed by atoms with Gasteiger partial charge in [-0.05, 0) is 19.1 Å². The molecule has 1 atom stereocenters. The zero-order valence-corrected chi connectivity index (χ0v) is 12.4. The van der Waals surface area contributed by atoms with E-state index in [0.717, 1.165) is 0 Å². The van der Waals surface area contributed by atoms with E-state index in [-0.39, 0.29) is 16.6 Å². The molecule has 1 amide bonds. The fraction of sp³-hybridized carbons (Fsp3) is 0.154. The van der Waals surface area contributed by atoms with Crippen LogP contribution in [0.1, 0.15) is 12.5 Å². The van der Waals surface area contributed by atoms with E-state index in [9.17, 15) is 13.2 Å². The lowest BCUT2D eigenvalue weighted by molar-refractivity contribution is -0.117. The number of nitrogens with zero attached hydrogens (tertiary/aromatic N) is 2. The van der Waals surface area contributed by atoms with Gasteiger partial charge in [-0.2, -0.15) is 5.10 Å². The molecule has 0 radical (unpaired) electrons. The van der Waals surface area contributed by atoms with Crippen molar-refractivity contribution in [1.82, 2.24) is 14.9 Å². The minimum atomic E-state index is -3.60. The zero-order valence-electron chi connectivity index (χ0n) is 11.6. The third-order valence-electron chi connectivity index (χ3n) is 3.13. The van der Waals surface area contributed by atoms with Crippen molar-refractivity contribution in [2.75, 3.05) is 5.32 Å². The van der Waals surface area contributed by atoms with Crippen LogP contribution in [0.3, 0.4) is 0 Å². The number of hydrogen-bond acceptors (Lipinski definition) is 5. The van der Waals surface area contributed by atoms with Gasteiger partial charge < -0.3 is 5.32 Å². The summed E-state index contributed by atoms with van der Waals surface area (Å²) in [5.74, 6) is -0.192. The predicted octanol–water partition coefficient (Wildman–Crippen LogP) is 0.475. The monoisotopic (exact) mass is 319 g/mol. The van der Waals surface area contributed by atoms with Crippen LogP contribution in [-0.2, 0) is 14.8 Å². The van der Waals surface area contributed by atoms with Gasteiger partial charge in [-0.1, -0.05) is 12.1 Å². The summed E-state index contributed by atoms with van der Waals surface area (Å²) < 4.78 is 26.3. The fourth-order valence-electron chi connectivity index (χ4n) is 2.05. The van der Waals surface area contributed by atoms with Gasteiger partial charge in [0.05, 0.1) is 16.8 Å². The van der Waals surface area contributed by atoms with Gasteiger partial charge in [0, 0.05) is 11.8 Å². The highest BCUT2D eigenvalue weighted by Crippen LogP contribution is 2.22. The van der Waals surface area contributed by atoms with E-state index in [4.69, 9.17) is 0 Å². The first-order valence-corrected chi connectivity index (χ1v) is 7.95. The number of hydrogen-bond donors (Lipinski definition) is 3. The molecule has 0 unspecified atom stereocenters. The Bertz CT molecular complexity index is 842. The Morgan fingerprint density at radius 3 is 2.86 bits per heavy atom. The third kappa shape index (κ3) is 2.58. The van der Waals surface area contributed by atoms with E-state index in [1.165, 1.54) is 18.5 Å². The number of aromatic amines is 1. The van der Waals surface area contributed by atoms with Gasteiger partial charge in [0.15, 0.2) is 0 Å². The molecule has 8 nitrogen and oxygen atoms in total. The Labute approximate surface area is 126 Å². The summed E-state index contributed by atoms with van der Waals surface area (Å²) in [7, 11) is -3.60. The zero-order chi connectivity index (χ0) is 15.7. The number of carbonyl (C=O) groups excluding carboxylic acids is 1. The van der Waals surface area contributed by atoms with Crippen LogP contribution in [0.5, 0.6) is 0 Å². The van der Waals surface area contributed by atoms with Crippen LogP contribution in [0, 0.1) is 0 Å². The molecule has 1 aromatic heterocycles. The van der Waals surface area contributed by atoms with Crippen molar-refractivity contribution in [3.63, 3.8) is 0 Å². The minimum Gasteiger partial charge on any atom is -0.322 e. The highest BCUT2D eigenvalue weighted by molar-refractivity contribution is 7.90. The number of aliphatic imine (C=N–C) groups is 1. The van der Waals surface area contributed by atoms with Crippen LogP contribution in [0.25, 0.3) is 0 Å². The predicted molar refractivity (Wildman–Crippen MR) is 80.0 cm³/mol. The van der Waals surface area contributed by atoms with Gasteiger partial charge in [-0.25, -0.2) is 8.42 Å². The van der Waals surface area contributed by atoms with E-state index in [1.807, 2.05) is 0 Å². The van der Waals surface area contributed by atoms with E-state index >= 15 is 0 Å². The van der Waals surface area contributed by atoms with Gasteiger partial charge in [0.2, 0.25) is 5.91 Å². The van der Waals surface area contributed by atoms with Crippen LogP contribution in [0.2, 0.25) is 0 Å². The summed E-state index contributed by atoms with van der Waals surface area (Å²) >= 11 is 0. The van der Waals surface area contributed by atoms with E-state index in [0.29, 0.717) is 11.3 Å². The van der Waals surface area contributed by atoms with Crippen LogP contribution >= 0.6 is 0 Å². The van der Waals surface area contributed by atoms with E-state index in [1.54, 1.807) is 25.1 Å². The number of nitrogens with one attached hydrogen (secondary N) is 3. The molecular formula is C13H13N5O3S. The summed E-state index contributed by atoms with van der Waals surface area (Å²) in [6.45, 7) is 1.58. The van der Waals surface area contributed by atoms with E-state index in [2.05, 4.69) is 25.2 Å². The summed E-state index contributed by atoms with van der Waals surface area (Å²) in [6.07, 6.45) is 3.00. The van der Waals surface area contributed by atoms with Crippen LogP contribution in [0.15, 0.2) is 46.5 Å². The molecule has 0 saturated heterocycles. The number of rotatable bonds is 3. The second-order valence-electron chi connectivity index (χ2n) is 4.73. The number of amidine groups is 1. The van der Waals surface area contributed by atoms with Crippen molar-refractivity contribution in [2.24, 2.45) is 4.99 Å². The van der Waals surface area contributed by atoms with Gasteiger partial charge >= 0.3 is 0 Å². The topological polar surface area (TPSA) is 116 Å². The molecule has 1 aliphatic rings. The van der Waals surface area contributed by atoms with Gasteiger partial charge in [0.1, 0.15) is 11.9 Å². The number of carbonyl (C=O) groups is 1. The average Bonchev–Trinajstić information content (AvgIpc) is 3.07. The lowest BCUT2D eigenvalue weighted by Crippen LogP contribution is -2.28. The molecule has 3 N–H and O–H groups in total. The van der Waals surface area contributed by atoms with Gasteiger partial charge in [-0.15, -0.1) is 0 Å². The molecule has 2 heterocycles. The Balaban J connectivity index is 1.85. The Morgan fingerprint density at radius 2 is 2.14 bits per heavy atom. The number of aromatic nitrogens is 2. The number of sulfonamides is 1. The molecule has 0 fully saturated rings. The van der Waals surface area contributed by atoms with Gasteiger partial charge in [-0.3, -0.25) is 19.6 Å². The van der Waals surface area contributed by atoms with Crippen LogP contribution in [-0.4, -0.2) is 36.4 Å². The maximum Gasteiger partial charge on any atom is 0.263 e. The lowest BCUT2D eigenvalue weighted by atomic mass is 10.2. The molecule has 0 saturated carbocycles. The molecule has 1 aromatic carbocycles. The first-order chi connectivity index (χ1) is 10.5. The van der Waals surface area contributed by atoms with Crippen molar-refractivity contribution in [3.8, 4) is 0 Å². The normalized spacial score (nSPS) is 18.5. The average molecular weight is 319 g/mol. The summed E-state index contributed by atoms with van der Waals surface area (Å²) in [4.78, 5) is 16.4. The molecule has 9 heteroatoms.